The molecule has 0 fully saturated rings. The average molecular weight is 391 g/mol. The number of halogens is 1. The van der Waals surface area contributed by atoms with Gasteiger partial charge in [0.1, 0.15) is 0 Å². The van der Waals surface area contributed by atoms with E-state index in [9.17, 15) is 8.42 Å². The van der Waals surface area contributed by atoms with Gasteiger partial charge < -0.3 is 5.73 Å². The molecule has 1 heterocycles. The van der Waals surface area contributed by atoms with Gasteiger partial charge in [-0.3, -0.25) is 0 Å². The van der Waals surface area contributed by atoms with Gasteiger partial charge in [0.2, 0.25) is 14.9 Å². The van der Waals surface area contributed by atoms with Gasteiger partial charge in [-0.1, -0.05) is 55.8 Å². The summed E-state index contributed by atoms with van der Waals surface area (Å²) in [6.45, 7) is 6.18. The fourth-order valence-electron chi connectivity index (χ4n) is 2.51. The summed E-state index contributed by atoms with van der Waals surface area (Å²) >= 11 is 5.97. The van der Waals surface area contributed by atoms with Crippen molar-refractivity contribution in [2.45, 2.75) is 36.1 Å². The van der Waals surface area contributed by atoms with Gasteiger partial charge in [-0.15, -0.1) is 5.10 Å². The van der Waals surface area contributed by atoms with Gasteiger partial charge >= 0.3 is 0 Å². The minimum atomic E-state index is -3.88. The first-order valence-electron chi connectivity index (χ1n) is 7.93. The van der Waals surface area contributed by atoms with Crippen LogP contribution < -0.4 is 5.73 Å². The first kappa shape index (κ1) is 18.4. The molecule has 0 amide bonds. The lowest BCUT2D eigenvalue weighted by molar-refractivity contribution is 0.585. The van der Waals surface area contributed by atoms with Crippen LogP contribution >= 0.6 is 11.6 Å². The van der Waals surface area contributed by atoms with Crippen molar-refractivity contribution in [2.24, 2.45) is 0 Å². The third-order valence-corrected chi connectivity index (χ3v) is 5.94. The second-order valence-corrected chi connectivity index (χ2v) is 9.25. The molecular weight excluding hydrogens is 372 g/mol. The van der Waals surface area contributed by atoms with Crippen LogP contribution in [0.15, 0.2) is 58.5 Å². The highest BCUT2D eigenvalue weighted by Crippen LogP contribution is 2.28. The molecule has 0 aliphatic carbocycles. The number of rotatable bonds is 3. The van der Waals surface area contributed by atoms with Gasteiger partial charge in [0.05, 0.1) is 10.6 Å². The lowest BCUT2D eigenvalue weighted by atomic mass is 9.87. The molecule has 136 valence electrons. The number of nitrogens with zero attached hydrogens (tertiary/aromatic N) is 3. The van der Waals surface area contributed by atoms with E-state index in [0.717, 1.165) is 5.56 Å². The minimum absolute atomic E-state index is 0.0628. The van der Waals surface area contributed by atoms with Crippen LogP contribution in [0.4, 0.5) is 5.82 Å². The van der Waals surface area contributed by atoms with E-state index in [0.29, 0.717) is 10.7 Å². The SMILES string of the molecule is CC(C)(C)c1ccc(S(=O)(=O)c2nnn(-c3cccc(Cl)c3)c2N)cc1. The zero-order valence-corrected chi connectivity index (χ0v) is 16.2. The summed E-state index contributed by atoms with van der Waals surface area (Å²) in [6, 6.07) is 13.5. The van der Waals surface area contributed by atoms with Crippen molar-refractivity contribution in [3.8, 4) is 5.69 Å². The largest absolute Gasteiger partial charge is 0.381 e. The highest BCUT2D eigenvalue weighted by atomic mass is 35.5. The summed E-state index contributed by atoms with van der Waals surface area (Å²) in [5.41, 5.74) is 7.52. The maximum absolute atomic E-state index is 12.9. The molecule has 0 aliphatic rings. The summed E-state index contributed by atoms with van der Waals surface area (Å²) in [7, 11) is -3.88. The maximum Gasteiger partial charge on any atom is 0.229 e. The Hall–Kier alpha value is -2.38. The van der Waals surface area contributed by atoms with Crippen molar-refractivity contribution < 1.29 is 8.42 Å². The van der Waals surface area contributed by atoms with Crippen LogP contribution in [0, 0.1) is 0 Å². The molecule has 3 aromatic rings. The maximum atomic E-state index is 12.9. The Morgan fingerprint density at radius 3 is 2.31 bits per heavy atom. The van der Waals surface area contributed by atoms with Gasteiger partial charge in [0.15, 0.2) is 5.82 Å². The Kier molecular flexibility index (Phi) is 4.54. The molecule has 2 aromatic carbocycles. The number of anilines is 1. The third kappa shape index (κ3) is 3.32. The van der Waals surface area contributed by atoms with E-state index in [1.807, 2.05) is 0 Å². The Balaban J connectivity index is 2.03. The van der Waals surface area contributed by atoms with E-state index in [1.165, 1.54) is 4.68 Å². The van der Waals surface area contributed by atoms with Crippen LogP contribution in [0.2, 0.25) is 5.02 Å². The molecule has 3 rings (SSSR count). The predicted octanol–water partition coefficient (Wildman–Crippen LogP) is 3.63. The molecule has 2 N–H and O–H groups in total. The quantitative estimate of drug-likeness (QED) is 0.737. The number of nitrogens with two attached hydrogens (primary N) is 1. The van der Waals surface area contributed by atoms with Gasteiger partial charge in [-0.25, -0.2) is 8.42 Å². The second-order valence-electron chi connectivity index (χ2n) is 6.95. The zero-order valence-electron chi connectivity index (χ0n) is 14.6. The Bertz CT molecular complexity index is 1050. The summed E-state index contributed by atoms with van der Waals surface area (Å²) < 4.78 is 27.1. The molecule has 0 aliphatic heterocycles. The highest BCUT2D eigenvalue weighted by molar-refractivity contribution is 7.91. The highest BCUT2D eigenvalue weighted by Gasteiger charge is 2.27. The van der Waals surface area contributed by atoms with Crippen LogP contribution in [0.1, 0.15) is 26.3 Å². The van der Waals surface area contributed by atoms with Crippen LogP contribution in [-0.4, -0.2) is 23.4 Å². The van der Waals surface area contributed by atoms with Gasteiger partial charge in [0.25, 0.3) is 0 Å². The molecule has 1 aromatic heterocycles. The van der Waals surface area contributed by atoms with Crippen molar-refractivity contribution in [2.75, 3.05) is 5.73 Å². The van der Waals surface area contributed by atoms with Crippen LogP contribution in [0.25, 0.3) is 5.69 Å². The average Bonchev–Trinajstić information content (AvgIpc) is 2.96. The standard InChI is InChI=1S/C18H19ClN4O2S/c1-18(2,3)12-7-9-15(10-8-12)26(24,25)17-16(20)23(22-21-17)14-6-4-5-13(19)11-14/h4-11H,20H2,1-3H3. The number of aromatic nitrogens is 3. The monoisotopic (exact) mass is 390 g/mol. The molecule has 0 bridgehead atoms. The Morgan fingerprint density at radius 1 is 1.08 bits per heavy atom. The summed E-state index contributed by atoms with van der Waals surface area (Å²) in [5.74, 6) is -0.0628. The minimum Gasteiger partial charge on any atom is -0.381 e. The number of nitrogen functional groups attached to an aromatic ring is 1. The van der Waals surface area contributed by atoms with Crippen molar-refractivity contribution in [3.63, 3.8) is 0 Å². The van der Waals surface area contributed by atoms with Crippen molar-refractivity contribution >= 4 is 27.3 Å². The molecule has 26 heavy (non-hydrogen) atoms. The molecule has 0 spiro atoms. The van der Waals surface area contributed by atoms with Crippen molar-refractivity contribution in [3.05, 3.63) is 59.1 Å². The van der Waals surface area contributed by atoms with E-state index in [1.54, 1.807) is 48.5 Å². The molecule has 6 nitrogen and oxygen atoms in total. The lowest BCUT2D eigenvalue weighted by Crippen LogP contribution is -2.12. The van der Waals surface area contributed by atoms with E-state index in [2.05, 4.69) is 31.1 Å². The lowest BCUT2D eigenvalue weighted by Gasteiger charge is -2.19. The molecule has 0 radical (unpaired) electrons. The van der Waals surface area contributed by atoms with E-state index in [4.69, 9.17) is 17.3 Å². The molecule has 0 atom stereocenters. The first-order chi connectivity index (χ1) is 12.1. The smallest absolute Gasteiger partial charge is 0.229 e. The Morgan fingerprint density at radius 2 is 1.73 bits per heavy atom. The number of hydrogen-bond donors (Lipinski definition) is 1. The van der Waals surface area contributed by atoms with Crippen LogP contribution in [0.3, 0.4) is 0 Å². The third-order valence-electron chi connectivity index (χ3n) is 4.01. The topological polar surface area (TPSA) is 90.9 Å². The normalized spacial score (nSPS) is 12.3. The molecule has 0 saturated heterocycles. The van der Waals surface area contributed by atoms with Crippen LogP contribution in [-0.2, 0) is 15.3 Å². The summed E-state index contributed by atoms with van der Waals surface area (Å²) in [6.07, 6.45) is 0. The molecule has 8 heteroatoms. The number of hydrogen-bond acceptors (Lipinski definition) is 5. The number of sulfone groups is 1. The van der Waals surface area contributed by atoms with Crippen molar-refractivity contribution in [1.29, 1.82) is 0 Å². The summed E-state index contributed by atoms with van der Waals surface area (Å²) in [5, 5.41) is 7.89. The van der Waals surface area contributed by atoms with Gasteiger partial charge in [0, 0.05) is 5.02 Å². The van der Waals surface area contributed by atoms with E-state index >= 15 is 0 Å². The van der Waals surface area contributed by atoms with Gasteiger partial charge in [-0.05, 0) is 41.3 Å². The fraction of sp³-hybridized carbons (Fsp3) is 0.222. The predicted molar refractivity (Wildman–Crippen MR) is 101 cm³/mol. The fourth-order valence-corrected chi connectivity index (χ4v) is 3.92. The zero-order chi connectivity index (χ0) is 19.1. The number of benzene rings is 2. The molecule has 0 saturated carbocycles. The van der Waals surface area contributed by atoms with Gasteiger partial charge in [-0.2, -0.15) is 4.68 Å². The van der Waals surface area contributed by atoms with Crippen molar-refractivity contribution in [1.82, 2.24) is 15.0 Å². The van der Waals surface area contributed by atoms with E-state index in [-0.39, 0.29) is 21.2 Å². The molecular formula is C18H19ClN4O2S. The Labute approximate surface area is 157 Å². The molecule has 0 unspecified atom stereocenters. The van der Waals surface area contributed by atoms with E-state index < -0.39 is 9.84 Å². The first-order valence-corrected chi connectivity index (χ1v) is 9.79. The van der Waals surface area contributed by atoms with Crippen LogP contribution in [0.5, 0.6) is 0 Å². The summed E-state index contributed by atoms with van der Waals surface area (Å²) in [4.78, 5) is 0.121. The second kappa shape index (κ2) is 6.41.